The van der Waals surface area contributed by atoms with Crippen LogP contribution in [0.15, 0.2) is 61.2 Å². The van der Waals surface area contributed by atoms with Gasteiger partial charge in [0.25, 0.3) is 5.91 Å². The van der Waals surface area contributed by atoms with E-state index >= 15 is 0 Å². The summed E-state index contributed by atoms with van der Waals surface area (Å²) in [5, 5.41) is 2.73. The number of aromatic nitrogens is 3. The number of anilines is 2. The molecule has 0 fully saturated rings. The van der Waals surface area contributed by atoms with Crippen molar-refractivity contribution in [3.63, 3.8) is 0 Å². The van der Waals surface area contributed by atoms with Crippen LogP contribution in [0.1, 0.15) is 26.3 Å². The molecule has 2 aromatic heterocycles. The van der Waals surface area contributed by atoms with E-state index in [1.807, 2.05) is 24.1 Å². The maximum absolute atomic E-state index is 12.4. The second kappa shape index (κ2) is 9.41. The number of carbonyl (C=O) groups excluding carboxylic acids is 2. The van der Waals surface area contributed by atoms with Gasteiger partial charge in [0.05, 0.1) is 18.2 Å². The summed E-state index contributed by atoms with van der Waals surface area (Å²) in [4.78, 5) is 38.5. The van der Waals surface area contributed by atoms with Crippen molar-refractivity contribution < 1.29 is 14.3 Å². The van der Waals surface area contributed by atoms with E-state index in [4.69, 9.17) is 0 Å². The van der Waals surface area contributed by atoms with Gasteiger partial charge in [-0.3, -0.25) is 9.78 Å². The number of ether oxygens (including phenoxy) is 1. The van der Waals surface area contributed by atoms with Gasteiger partial charge in [0.15, 0.2) is 0 Å². The van der Waals surface area contributed by atoms with E-state index in [-0.39, 0.29) is 5.91 Å². The lowest BCUT2D eigenvalue weighted by molar-refractivity contribution is 0.0600. The molecule has 0 spiro atoms. The van der Waals surface area contributed by atoms with Crippen molar-refractivity contribution in [2.75, 3.05) is 30.9 Å². The normalized spacial score (nSPS) is 10.3. The quantitative estimate of drug-likeness (QED) is 0.618. The minimum absolute atomic E-state index is 0.319. The lowest BCUT2D eigenvalue weighted by Crippen LogP contribution is -2.23. The van der Waals surface area contributed by atoms with Crippen LogP contribution in [0.5, 0.6) is 0 Å². The minimum atomic E-state index is -0.469. The highest BCUT2D eigenvalue weighted by atomic mass is 16.5. The number of pyridine rings is 1. The number of hydrogen-bond donors (Lipinski definition) is 1. The van der Waals surface area contributed by atoms with Crippen molar-refractivity contribution in [3.8, 4) is 0 Å². The van der Waals surface area contributed by atoms with Gasteiger partial charge >= 0.3 is 5.97 Å². The van der Waals surface area contributed by atoms with Crippen molar-refractivity contribution in [3.05, 3.63) is 77.9 Å². The highest BCUT2D eigenvalue weighted by Crippen LogP contribution is 2.14. The molecule has 1 amide bonds. The summed E-state index contributed by atoms with van der Waals surface area (Å²) in [6.45, 7) is 0.732. The molecule has 29 heavy (non-hydrogen) atoms. The Labute approximate surface area is 168 Å². The smallest absolute Gasteiger partial charge is 0.337 e. The van der Waals surface area contributed by atoms with Crippen LogP contribution in [0, 0.1) is 0 Å². The fraction of sp³-hybridized carbons (Fsp3) is 0.190. The Morgan fingerprint density at radius 3 is 2.48 bits per heavy atom. The molecule has 0 saturated carbocycles. The summed E-state index contributed by atoms with van der Waals surface area (Å²) in [5.41, 5.74) is 2.33. The van der Waals surface area contributed by atoms with E-state index in [1.54, 1.807) is 36.7 Å². The topological polar surface area (TPSA) is 97.3 Å². The summed E-state index contributed by atoms with van der Waals surface area (Å²) >= 11 is 0. The van der Waals surface area contributed by atoms with Crippen LogP contribution >= 0.6 is 0 Å². The van der Waals surface area contributed by atoms with E-state index in [9.17, 15) is 9.59 Å². The average molecular weight is 391 g/mol. The Hall–Kier alpha value is -3.81. The van der Waals surface area contributed by atoms with Gasteiger partial charge in [-0.25, -0.2) is 14.8 Å². The molecule has 0 aliphatic heterocycles. The number of methoxy groups -OCH3 is 1. The summed E-state index contributed by atoms with van der Waals surface area (Å²) in [6.07, 6.45) is 7.32. The maximum atomic E-state index is 12.4. The largest absolute Gasteiger partial charge is 0.465 e. The summed E-state index contributed by atoms with van der Waals surface area (Å²) < 4.78 is 4.69. The van der Waals surface area contributed by atoms with Crippen LogP contribution in [0.25, 0.3) is 0 Å². The molecule has 0 unspecified atom stereocenters. The van der Waals surface area contributed by atoms with E-state index in [0.717, 1.165) is 13.0 Å². The number of benzene rings is 1. The molecule has 1 aromatic carbocycles. The van der Waals surface area contributed by atoms with Crippen molar-refractivity contribution in [1.29, 1.82) is 0 Å². The van der Waals surface area contributed by atoms with Gasteiger partial charge in [-0.05, 0) is 42.3 Å². The second-order valence-corrected chi connectivity index (χ2v) is 6.33. The third-order valence-corrected chi connectivity index (χ3v) is 4.27. The molecule has 8 heteroatoms. The van der Waals surface area contributed by atoms with Crippen LogP contribution in [-0.2, 0) is 11.2 Å². The van der Waals surface area contributed by atoms with Crippen molar-refractivity contribution in [2.24, 2.45) is 0 Å². The number of carbonyl (C=O) groups is 2. The summed E-state index contributed by atoms with van der Waals surface area (Å²) in [6, 6.07) is 10.5. The number of amides is 1. The Kier molecular flexibility index (Phi) is 6.47. The molecule has 0 saturated heterocycles. The van der Waals surface area contributed by atoms with Crippen molar-refractivity contribution in [2.45, 2.75) is 6.42 Å². The Morgan fingerprint density at radius 2 is 1.79 bits per heavy atom. The lowest BCUT2D eigenvalue weighted by atomic mass is 10.2. The van der Waals surface area contributed by atoms with E-state index in [0.29, 0.717) is 22.8 Å². The van der Waals surface area contributed by atoms with Crippen LogP contribution < -0.4 is 10.2 Å². The van der Waals surface area contributed by atoms with Gasteiger partial charge in [0.1, 0.15) is 0 Å². The molecular formula is C21H21N5O3. The SMILES string of the molecule is COC(=O)c1cccc(NC(=O)c2cnc(N(C)CCc3ccncc3)nc2)c1. The van der Waals surface area contributed by atoms with E-state index < -0.39 is 5.97 Å². The number of nitrogens with zero attached hydrogens (tertiary/aromatic N) is 4. The van der Waals surface area contributed by atoms with E-state index in [2.05, 4.69) is 25.0 Å². The number of hydrogen-bond acceptors (Lipinski definition) is 7. The molecule has 1 N–H and O–H groups in total. The van der Waals surface area contributed by atoms with Crippen molar-refractivity contribution in [1.82, 2.24) is 15.0 Å². The highest BCUT2D eigenvalue weighted by Gasteiger charge is 2.11. The zero-order valence-electron chi connectivity index (χ0n) is 16.2. The van der Waals surface area contributed by atoms with E-state index in [1.165, 1.54) is 25.1 Å². The Balaban J connectivity index is 1.60. The Morgan fingerprint density at radius 1 is 1.07 bits per heavy atom. The van der Waals surface area contributed by atoms with Gasteiger partial charge in [0, 0.05) is 44.1 Å². The molecule has 2 heterocycles. The van der Waals surface area contributed by atoms with Gasteiger partial charge in [-0.15, -0.1) is 0 Å². The average Bonchev–Trinajstić information content (AvgIpc) is 2.78. The first-order valence-corrected chi connectivity index (χ1v) is 8.98. The monoisotopic (exact) mass is 391 g/mol. The van der Waals surface area contributed by atoms with Crippen LogP contribution in [0.2, 0.25) is 0 Å². The molecule has 3 aromatic rings. The molecule has 0 radical (unpaired) electrons. The third kappa shape index (κ3) is 5.35. The Bertz CT molecular complexity index is 977. The highest BCUT2D eigenvalue weighted by molar-refractivity contribution is 6.04. The molecule has 0 bridgehead atoms. The predicted molar refractivity (Wildman–Crippen MR) is 109 cm³/mol. The molecule has 148 valence electrons. The maximum Gasteiger partial charge on any atom is 0.337 e. The standard InChI is InChI=1S/C21H21N5O3/c1-26(11-8-15-6-9-22-10-7-15)21-23-13-17(14-24-21)19(27)25-18-5-3-4-16(12-18)20(28)29-2/h3-7,9-10,12-14H,8,11H2,1-2H3,(H,25,27). The molecule has 0 atom stereocenters. The third-order valence-electron chi connectivity index (χ3n) is 4.27. The molecule has 8 nitrogen and oxygen atoms in total. The van der Waals surface area contributed by atoms with Gasteiger partial charge in [-0.1, -0.05) is 6.07 Å². The first-order chi connectivity index (χ1) is 14.1. The first-order valence-electron chi connectivity index (χ1n) is 8.98. The van der Waals surface area contributed by atoms with Crippen molar-refractivity contribution >= 4 is 23.5 Å². The van der Waals surface area contributed by atoms with Crippen LogP contribution in [0.3, 0.4) is 0 Å². The summed E-state index contributed by atoms with van der Waals surface area (Å²) in [7, 11) is 3.20. The zero-order valence-corrected chi connectivity index (χ0v) is 16.2. The molecule has 0 aliphatic carbocycles. The number of rotatable bonds is 7. The fourth-order valence-corrected chi connectivity index (χ4v) is 2.63. The first kappa shape index (κ1) is 19.9. The molecule has 3 rings (SSSR count). The minimum Gasteiger partial charge on any atom is -0.465 e. The van der Waals surface area contributed by atoms with Gasteiger partial charge < -0.3 is 15.0 Å². The molecular weight excluding hydrogens is 370 g/mol. The summed E-state index contributed by atoms with van der Waals surface area (Å²) in [5.74, 6) is -0.301. The second-order valence-electron chi connectivity index (χ2n) is 6.33. The number of likely N-dealkylation sites (N-methyl/N-ethyl adjacent to an activating group) is 1. The zero-order chi connectivity index (χ0) is 20.6. The van der Waals surface area contributed by atoms with Gasteiger partial charge in [0.2, 0.25) is 5.95 Å². The number of esters is 1. The number of nitrogens with one attached hydrogen (secondary N) is 1. The van der Waals surface area contributed by atoms with Gasteiger partial charge in [-0.2, -0.15) is 0 Å². The van der Waals surface area contributed by atoms with Crippen LogP contribution in [0.4, 0.5) is 11.6 Å². The lowest BCUT2D eigenvalue weighted by Gasteiger charge is -2.16. The fourth-order valence-electron chi connectivity index (χ4n) is 2.63. The van der Waals surface area contributed by atoms with Crippen LogP contribution in [-0.4, -0.2) is 47.5 Å². The molecule has 0 aliphatic rings. The predicted octanol–water partition coefficient (Wildman–Crippen LogP) is 2.59.